The van der Waals surface area contributed by atoms with E-state index in [1.54, 1.807) is 6.20 Å². The predicted octanol–water partition coefficient (Wildman–Crippen LogP) is 2.06. The van der Waals surface area contributed by atoms with Gasteiger partial charge in [0.05, 0.1) is 11.4 Å². The van der Waals surface area contributed by atoms with Crippen LogP contribution < -0.4 is 5.32 Å². The van der Waals surface area contributed by atoms with Gasteiger partial charge in [-0.2, -0.15) is 0 Å². The Labute approximate surface area is 78.6 Å². The third-order valence-electron chi connectivity index (χ3n) is 2.52. The van der Waals surface area contributed by atoms with Crippen LogP contribution in [0.4, 0.5) is 5.82 Å². The summed E-state index contributed by atoms with van der Waals surface area (Å²) in [6, 6.07) is 0.634. The van der Waals surface area contributed by atoms with Gasteiger partial charge in [0.2, 0.25) is 0 Å². The molecule has 1 heterocycles. The first-order valence-electron chi connectivity index (χ1n) is 4.82. The van der Waals surface area contributed by atoms with Crippen LogP contribution in [0.15, 0.2) is 6.20 Å². The van der Waals surface area contributed by atoms with Gasteiger partial charge in [0, 0.05) is 12.2 Å². The van der Waals surface area contributed by atoms with Crippen LogP contribution in [0, 0.1) is 13.8 Å². The van der Waals surface area contributed by atoms with E-state index in [9.17, 15) is 0 Å². The van der Waals surface area contributed by atoms with Crippen molar-refractivity contribution in [2.75, 3.05) is 5.32 Å². The van der Waals surface area contributed by atoms with Crippen LogP contribution in [-0.2, 0) is 0 Å². The smallest absolute Gasteiger partial charge is 0.147 e. The van der Waals surface area contributed by atoms with Gasteiger partial charge in [-0.1, -0.05) is 0 Å². The minimum Gasteiger partial charge on any atom is -0.366 e. The van der Waals surface area contributed by atoms with Crippen LogP contribution in [-0.4, -0.2) is 16.0 Å². The predicted molar refractivity (Wildman–Crippen MR) is 52.8 cm³/mol. The van der Waals surface area contributed by atoms with Crippen molar-refractivity contribution < 1.29 is 0 Å². The van der Waals surface area contributed by atoms with Crippen LogP contribution in [0.3, 0.4) is 0 Å². The number of rotatable bonds is 2. The van der Waals surface area contributed by atoms with Crippen molar-refractivity contribution in [3.05, 3.63) is 17.6 Å². The molecular weight excluding hydrogens is 162 g/mol. The molecule has 3 nitrogen and oxygen atoms in total. The first kappa shape index (κ1) is 8.48. The van der Waals surface area contributed by atoms with Crippen LogP contribution in [0.25, 0.3) is 0 Å². The van der Waals surface area contributed by atoms with Crippen molar-refractivity contribution in [3.63, 3.8) is 0 Å². The lowest BCUT2D eigenvalue weighted by Gasteiger charge is -2.27. The molecule has 0 aliphatic heterocycles. The Hall–Kier alpha value is -1.12. The first-order valence-corrected chi connectivity index (χ1v) is 4.82. The van der Waals surface area contributed by atoms with E-state index in [-0.39, 0.29) is 0 Å². The second-order valence-corrected chi connectivity index (χ2v) is 3.72. The molecule has 0 bridgehead atoms. The number of hydrogen-bond acceptors (Lipinski definition) is 3. The van der Waals surface area contributed by atoms with Crippen molar-refractivity contribution in [2.45, 2.75) is 39.2 Å². The quantitative estimate of drug-likeness (QED) is 0.751. The Bertz CT molecular complexity index is 305. The molecule has 2 rings (SSSR count). The molecule has 0 unspecified atom stereocenters. The maximum absolute atomic E-state index is 4.42. The van der Waals surface area contributed by atoms with Gasteiger partial charge in [-0.15, -0.1) is 0 Å². The van der Waals surface area contributed by atoms with Crippen LogP contribution in [0.5, 0.6) is 0 Å². The fourth-order valence-corrected chi connectivity index (χ4v) is 1.42. The maximum atomic E-state index is 4.42. The zero-order valence-corrected chi connectivity index (χ0v) is 8.17. The van der Waals surface area contributed by atoms with Gasteiger partial charge in [0.1, 0.15) is 5.82 Å². The van der Waals surface area contributed by atoms with Gasteiger partial charge < -0.3 is 5.32 Å². The summed E-state index contributed by atoms with van der Waals surface area (Å²) in [5.41, 5.74) is 1.98. The Morgan fingerprint density at radius 2 is 2.15 bits per heavy atom. The summed E-state index contributed by atoms with van der Waals surface area (Å²) < 4.78 is 0. The number of anilines is 1. The SMILES string of the molecule is Cc1cnc(C)c(NC2CCC2)n1. The molecule has 3 heteroatoms. The van der Waals surface area contributed by atoms with Crippen LogP contribution in [0.2, 0.25) is 0 Å². The van der Waals surface area contributed by atoms with Crippen LogP contribution >= 0.6 is 0 Å². The fraction of sp³-hybridized carbons (Fsp3) is 0.600. The summed E-state index contributed by atoms with van der Waals surface area (Å²) in [4.78, 5) is 8.69. The number of aromatic nitrogens is 2. The molecule has 0 spiro atoms. The van der Waals surface area contributed by atoms with E-state index < -0.39 is 0 Å². The molecule has 0 saturated heterocycles. The highest BCUT2D eigenvalue weighted by molar-refractivity contribution is 5.40. The molecule has 1 aromatic heterocycles. The lowest BCUT2D eigenvalue weighted by Crippen LogP contribution is -2.28. The van der Waals surface area contributed by atoms with Crippen molar-refractivity contribution in [1.29, 1.82) is 0 Å². The van der Waals surface area contributed by atoms with E-state index in [0.29, 0.717) is 6.04 Å². The van der Waals surface area contributed by atoms with Gasteiger partial charge >= 0.3 is 0 Å². The fourth-order valence-electron chi connectivity index (χ4n) is 1.42. The average molecular weight is 177 g/mol. The van der Waals surface area contributed by atoms with Crippen molar-refractivity contribution in [1.82, 2.24) is 9.97 Å². The zero-order chi connectivity index (χ0) is 9.26. The molecular formula is C10H15N3. The van der Waals surface area contributed by atoms with E-state index in [4.69, 9.17) is 0 Å². The highest BCUT2D eigenvalue weighted by atomic mass is 15.0. The lowest BCUT2D eigenvalue weighted by molar-refractivity contribution is 0.444. The third kappa shape index (κ3) is 1.79. The van der Waals surface area contributed by atoms with E-state index in [1.807, 2.05) is 13.8 Å². The average Bonchev–Trinajstić information content (AvgIpc) is 2.03. The molecule has 1 saturated carbocycles. The number of hydrogen-bond donors (Lipinski definition) is 1. The largest absolute Gasteiger partial charge is 0.366 e. The first-order chi connectivity index (χ1) is 6.25. The Kier molecular flexibility index (Phi) is 2.17. The standard InChI is InChI=1S/C10H15N3/c1-7-6-11-8(2)10(12-7)13-9-4-3-5-9/h6,9H,3-5H2,1-2H3,(H,12,13). The molecule has 13 heavy (non-hydrogen) atoms. The molecule has 1 N–H and O–H groups in total. The van der Waals surface area contributed by atoms with E-state index >= 15 is 0 Å². The van der Waals surface area contributed by atoms with Gasteiger partial charge in [-0.25, -0.2) is 4.98 Å². The monoisotopic (exact) mass is 177 g/mol. The maximum Gasteiger partial charge on any atom is 0.147 e. The summed E-state index contributed by atoms with van der Waals surface area (Å²) in [6.07, 6.45) is 5.70. The lowest BCUT2D eigenvalue weighted by atomic mass is 9.93. The Morgan fingerprint density at radius 3 is 2.77 bits per heavy atom. The topological polar surface area (TPSA) is 37.8 Å². The second-order valence-electron chi connectivity index (χ2n) is 3.72. The minimum atomic E-state index is 0.634. The Morgan fingerprint density at radius 1 is 1.38 bits per heavy atom. The zero-order valence-electron chi connectivity index (χ0n) is 8.17. The minimum absolute atomic E-state index is 0.634. The molecule has 0 aromatic carbocycles. The van der Waals surface area contributed by atoms with Crippen molar-refractivity contribution in [3.8, 4) is 0 Å². The highest BCUT2D eigenvalue weighted by Crippen LogP contribution is 2.23. The van der Waals surface area contributed by atoms with E-state index in [0.717, 1.165) is 17.2 Å². The molecule has 0 amide bonds. The highest BCUT2D eigenvalue weighted by Gasteiger charge is 2.18. The summed E-state index contributed by atoms with van der Waals surface area (Å²) >= 11 is 0. The number of nitrogens with zero attached hydrogens (tertiary/aromatic N) is 2. The van der Waals surface area contributed by atoms with Gasteiger partial charge in [0.15, 0.2) is 0 Å². The van der Waals surface area contributed by atoms with Crippen molar-refractivity contribution in [2.24, 2.45) is 0 Å². The normalized spacial score (nSPS) is 16.8. The van der Waals surface area contributed by atoms with Gasteiger partial charge in [-0.3, -0.25) is 4.98 Å². The summed E-state index contributed by atoms with van der Waals surface area (Å²) in [7, 11) is 0. The van der Waals surface area contributed by atoms with Crippen molar-refractivity contribution >= 4 is 5.82 Å². The molecule has 1 aromatic rings. The summed E-state index contributed by atoms with van der Waals surface area (Å²) in [5, 5.41) is 3.41. The molecule has 0 radical (unpaired) electrons. The second kappa shape index (κ2) is 3.32. The molecule has 0 atom stereocenters. The number of aryl methyl sites for hydroxylation is 2. The Balaban J connectivity index is 2.13. The van der Waals surface area contributed by atoms with Gasteiger partial charge in [-0.05, 0) is 33.1 Å². The van der Waals surface area contributed by atoms with Gasteiger partial charge in [0.25, 0.3) is 0 Å². The van der Waals surface area contributed by atoms with E-state index in [1.165, 1.54) is 19.3 Å². The molecule has 1 aliphatic rings. The molecule has 1 fully saturated rings. The van der Waals surface area contributed by atoms with E-state index in [2.05, 4.69) is 15.3 Å². The molecule has 1 aliphatic carbocycles. The van der Waals surface area contributed by atoms with Crippen LogP contribution in [0.1, 0.15) is 30.7 Å². The third-order valence-corrected chi connectivity index (χ3v) is 2.52. The summed E-state index contributed by atoms with van der Waals surface area (Å²) in [5.74, 6) is 0.963. The molecule has 70 valence electrons. The number of nitrogens with one attached hydrogen (secondary N) is 1. The summed E-state index contributed by atoms with van der Waals surface area (Å²) in [6.45, 7) is 3.96.